The lowest BCUT2D eigenvalue weighted by Gasteiger charge is -2.28. The Balaban J connectivity index is 1.75. The molecule has 3 rings (SSSR count). The maximum atomic E-state index is 12.6. The van der Waals surface area contributed by atoms with Crippen molar-refractivity contribution in [3.05, 3.63) is 35.7 Å². The van der Waals surface area contributed by atoms with E-state index in [2.05, 4.69) is 20.4 Å². The predicted octanol–water partition coefficient (Wildman–Crippen LogP) is 1.64. The first-order valence-corrected chi connectivity index (χ1v) is 7.29. The average molecular weight is 327 g/mol. The van der Waals surface area contributed by atoms with Crippen molar-refractivity contribution in [1.29, 1.82) is 0 Å². The van der Waals surface area contributed by atoms with Gasteiger partial charge in [0.2, 0.25) is 0 Å². The molecule has 6 nitrogen and oxygen atoms in total. The molecule has 124 valence electrons. The lowest BCUT2D eigenvalue weighted by molar-refractivity contribution is -0.137. The van der Waals surface area contributed by atoms with Crippen LogP contribution in [0.15, 0.2) is 24.3 Å². The Labute approximate surface area is 130 Å². The highest BCUT2D eigenvalue weighted by Gasteiger charge is 2.30. The lowest BCUT2D eigenvalue weighted by atomic mass is 10.1. The normalized spacial score (nSPS) is 17.6. The highest BCUT2D eigenvalue weighted by atomic mass is 19.4. The van der Waals surface area contributed by atoms with Gasteiger partial charge in [0.25, 0.3) is 0 Å². The number of hydrogen-bond acceptors (Lipinski definition) is 5. The molecule has 1 aromatic heterocycles. The molecule has 0 unspecified atom stereocenters. The van der Waals surface area contributed by atoms with E-state index in [1.165, 1.54) is 16.8 Å². The van der Waals surface area contributed by atoms with Gasteiger partial charge >= 0.3 is 6.18 Å². The number of piperidine rings is 1. The maximum absolute atomic E-state index is 12.6. The summed E-state index contributed by atoms with van der Waals surface area (Å²) < 4.78 is 39.3. The minimum atomic E-state index is -4.36. The van der Waals surface area contributed by atoms with Crippen molar-refractivity contribution in [2.45, 2.75) is 31.7 Å². The molecular formula is C14H16F3N5O. The second-order valence-corrected chi connectivity index (χ2v) is 5.56. The summed E-state index contributed by atoms with van der Waals surface area (Å²) in [5, 5.41) is 20.9. The van der Waals surface area contributed by atoms with E-state index in [9.17, 15) is 18.3 Å². The largest absolute Gasteiger partial charge is 0.416 e. The second-order valence-electron chi connectivity index (χ2n) is 5.56. The van der Waals surface area contributed by atoms with Crippen LogP contribution in [0.2, 0.25) is 0 Å². The summed E-state index contributed by atoms with van der Waals surface area (Å²) >= 11 is 0. The molecule has 1 aromatic carbocycles. The second kappa shape index (κ2) is 6.25. The van der Waals surface area contributed by atoms with Crippen molar-refractivity contribution in [2.75, 3.05) is 13.1 Å². The predicted molar refractivity (Wildman–Crippen MR) is 74.7 cm³/mol. The number of nitrogens with zero attached hydrogens (tertiary/aromatic N) is 5. The van der Waals surface area contributed by atoms with Gasteiger partial charge in [-0.1, -0.05) is 0 Å². The molecule has 1 aliphatic rings. The monoisotopic (exact) mass is 327 g/mol. The van der Waals surface area contributed by atoms with E-state index in [-0.39, 0.29) is 6.10 Å². The molecule has 0 atom stereocenters. The van der Waals surface area contributed by atoms with Gasteiger partial charge in [-0.25, -0.2) is 0 Å². The zero-order valence-electron chi connectivity index (χ0n) is 12.2. The maximum Gasteiger partial charge on any atom is 0.416 e. The summed E-state index contributed by atoms with van der Waals surface area (Å²) in [7, 11) is 0. The van der Waals surface area contributed by atoms with Crippen molar-refractivity contribution >= 4 is 0 Å². The topological polar surface area (TPSA) is 67.1 Å². The number of tetrazole rings is 1. The van der Waals surface area contributed by atoms with E-state index in [0.29, 0.717) is 30.9 Å². The van der Waals surface area contributed by atoms with Crippen LogP contribution in [0.25, 0.3) is 5.69 Å². The fourth-order valence-corrected chi connectivity index (χ4v) is 2.57. The fourth-order valence-electron chi connectivity index (χ4n) is 2.57. The standard InChI is InChI=1S/C14H16F3N5O/c15-14(16,17)10-1-3-11(4-2-10)22-13(18-19-20-22)9-21-7-5-12(23)6-8-21/h1-4,12,23H,5-9H2. The minimum absolute atomic E-state index is 0.267. The molecule has 0 saturated carbocycles. The Morgan fingerprint density at radius 3 is 2.39 bits per heavy atom. The molecule has 2 aromatic rings. The van der Waals surface area contributed by atoms with Gasteiger partial charge in [-0.2, -0.15) is 17.9 Å². The van der Waals surface area contributed by atoms with Crippen LogP contribution in [-0.4, -0.2) is 49.4 Å². The molecule has 0 aliphatic carbocycles. The Morgan fingerprint density at radius 2 is 1.78 bits per heavy atom. The smallest absolute Gasteiger partial charge is 0.393 e. The summed E-state index contributed by atoms with van der Waals surface area (Å²) in [6, 6.07) is 4.72. The molecule has 0 bridgehead atoms. The molecule has 0 amide bonds. The van der Waals surface area contributed by atoms with E-state index in [1.54, 1.807) is 0 Å². The molecule has 0 spiro atoms. The minimum Gasteiger partial charge on any atom is -0.393 e. The summed E-state index contributed by atoms with van der Waals surface area (Å²) in [4.78, 5) is 2.11. The van der Waals surface area contributed by atoms with Gasteiger partial charge in [-0.05, 0) is 47.5 Å². The van der Waals surface area contributed by atoms with Crippen LogP contribution in [0.3, 0.4) is 0 Å². The van der Waals surface area contributed by atoms with Crippen LogP contribution in [0.4, 0.5) is 13.2 Å². The molecule has 1 N–H and O–H groups in total. The van der Waals surface area contributed by atoms with Crippen molar-refractivity contribution in [3.63, 3.8) is 0 Å². The molecule has 1 fully saturated rings. The summed E-state index contributed by atoms with van der Waals surface area (Å²) in [6.45, 7) is 1.96. The van der Waals surface area contributed by atoms with Gasteiger partial charge in [0.05, 0.1) is 23.9 Å². The molecule has 9 heteroatoms. The Morgan fingerprint density at radius 1 is 1.13 bits per heavy atom. The molecule has 1 aliphatic heterocycles. The van der Waals surface area contributed by atoms with E-state index in [4.69, 9.17) is 0 Å². The number of halogens is 3. The Kier molecular flexibility index (Phi) is 4.31. The van der Waals surface area contributed by atoms with E-state index in [1.807, 2.05) is 0 Å². The van der Waals surface area contributed by atoms with Crippen molar-refractivity contribution in [2.24, 2.45) is 0 Å². The third kappa shape index (κ3) is 3.67. The van der Waals surface area contributed by atoms with Crippen LogP contribution in [0.1, 0.15) is 24.2 Å². The summed E-state index contributed by atoms with van der Waals surface area (Å²) in [6.07, 6.45) is -3.24. The highest BCUT2D eigenvalue weighted by molar-refractivity contribution is 5.35. The third-order valence-electron chi connectivity index (χ3n) is 3.90. The van der Waals surface area contributed by atoms with Gasteiger partial charge in [-0.3, -0.25) is 4.90 Å². The number of benzene rings is 1. The van der Waals surface area contributed by atoms with Crippen LogP contribution in [0, 0.1) is 0 Å². The number of aliphatic hydroxyl groups is 1. The van der Waals surface area contributed by atoms with Gasteiger partial charge in [0, 0.05) is 13.1 Å². The number of likely N-dealkylation sites (tertiary alicyclic amines) is 1. The van der Waals surface area contributed by atoms with E-state index < -0.39 is 11.7 Å². The fraction of sp³-hybridized carbons (Fsp3) is 0.500. The van der Waals surface area contributed by atoms with Crippen molar-refractivity contribution in [3.8, 4) is 5.69 Å². The summed E-state index contributed by atoms with van der Waals surface area (Å²) in [5.74, 6) is 0.557. The zero-order valence-corrected chi connectivity index (χ0v) is 12.2. The quantitative estimate of drug-likeness (QED) is 0.928. The highest BCUT2D eigenvalue weighted by Crippen LogP contribution is 2.29. The molecule has 0 radical (unpaired) electrons. The number of alkyl halides is 3. The van der Waals surface area contributed by atoms with Gasteiger partial charge in [-0.15, -0.1) is 5.10 Å². The lowest BCUT2D eigenvalue weighted by Crippen LogP contribution is -2.36. The molecule has 23 heavy (non-hydrogen) atoms. The van der Waals surface area contributed by atoms with E-state index >= 15 is 0 Å². The Hall–Kier alpha value is -2.00. The van der Waals surface area contributed by atoms with Crippen molar-refractivity contribution < 1.29 is 18.3 Å². The van der Waals surface area contributed by atoms with Gasteiger partial charge in [0.1, 0.15) is 0 Å². The first-order valence-electron chi connectivity index (χ1n) is 7.29. The number of hydrogen-bond donors (Lipinski definition) is 1. The zero-order chi connectivity index (χ0) is 16.4. The first-order chi connectivity index (χ1) is 10.9. The van der Waals surface area contributed by atoms with Crippen LogP contribution in [-0.2, 0) is 12.7 Å². The number of rotatable bonds is 3. The van der Waals surface area contributed by atoms with Crippen molar-refractivity contribution in [1.82, 2.24) is 25.1 Å². The Bertz CT molecular complexity index is 647. The average Bonchev–Trinajstić information content (AvgIpc) is 2.97. The van der Waals surface area contributed by atoms with Crippen LogP contribution >= 0.6 is 0 Å². The summed E-state index contributed by atoms with van der Waals surface area (Å²) in [5.41, 5.74) is -0.226. The van der Waals surface area contributed by atoms with E-state index in [0.717, 1.165) is 25.2 Å². The molecule has 2 heterocycles. The SMILES string of the molecule is OC1CCN(Cc2nnnn2-c2ccc(C(F)(F)F)cc2)CC1. The van der Waals surface area contributed by atoms with Gasteiger partial charge < -0.3 is 5.11 Å². The number of aliphatic hydroxyl groups excluding tert-OH is 1. The van der Waals surface area contributed by atoms with Gasteiger partial charge in [0.15, 0.2) is 5.82 Å². The number of aromatic nitrogens is 4. The molecule has 1 saturated heterocycles. The first kappa shape index (κ1) is 15.9. The van der Waals surface area contributed by atoms with Crippen LogP contribution < -0.4 is 0 Å². The van der Waals surface area contributed by atoms with Crippen LogP contribution in [0.5, 0.6) is 0 Å². The third-order valence-corrected chi connectivity index (χ3v) is 3.90. The molecular weight excluding hydrogens is 311 g/mol.